The van der Waals surface area contributed by atoms with Gasteiger partial charge in [0.15, 0.2) is 8.32 Å². The average molecular weight is 481 g/mol. The van der Waals surface area contributed by atoms with Crippen LogP contribution in [0.3, 0.4) is 0 Å². The Kier molecular flexibility index (Phi) is 9.46. The summed E-state index contributed by atoms with van der Waals surface area (Å²) in [5, 5.41) is 0.201. The second-order valence-electron chi connectivity index (χ2n) is 12.1. The summed E-state index contributed by atoms with van der Waals surface area (Å²) in [6.45, 7) is 18.3. The van der Waals surface area contributed by atoms with E-state index in [9.17, 15) is 0 Å². The third-order valence-electron chi connectivity index (χ3n) is 8.31. The molecule has 0 saturated heterocycles. The van der Waals surface area contributed by atoms with Gasteiger partial charge in [0.05, 0.1) is 11.9 Å². The number of rotatable bonds is 7. The molecule has 1 aromatic carbocycles. The summed E-state index contributed by atoms with van der Waals surface area (Å²) in [7, 11) is -1.87. The van der Waals surface area contributed by atoms with Crippen LogP contribution < -0.4 is 0 Å². The minimum absolute atomic E-state index is 0.151. The molecule has 0 spiro atoms. The van der Waals surface area contributed by atoms with Crippen LogP contribution in [0, 0.1) is 17.8 Å². The molecule has 0 unspecified atom stereocenters. The first-order chi connectivity index (χ1) is 16.1. The fourth-order valence-electron chi connectivity index (χ4n) is 5.16. The van der Waals surface area contributed by atoms with E-state index in [0.717, 1.165) is 50.7 Å². The molecule has 1 saturated carbocycles. The summed E-state index contributed by atoms with van der Waals surface area (Å²) >= 11 is 0. The predicted molar refractivity (Wildman–Crippen MR) is 148 cm³/mol. The van der Waals surface area contributed by atoms with Gasteiger partial charge in [-0.25, -0.2) is 0 Å². The molecule has 1 fully saturated rings. The van der Waals surface area contributed by atoms with E-state index < -0.39 is 8.32 Å². The predicted octanol–water partition coefficient (Wildman–Crippen LogP) is 8.87. The molecule has 0 amide bonds. The smallest absolute Gasteiger partial charge is 0.192 e. The van der Waals surface area contributed by atoms with Crippen molar-refractivity contribution in [3.05, 3.63) is 72.5 Å². The quantitative estimate of drug-likeness (QED) is 0.286. The Labute approximate surface area is 210 Å². The van der Waals surface area contributed by atoms with Crippen molar-refractivity contribution in [3.8, 4) is 0 Å². The molecule has 0 N–H and O–H groups in total. The maximum Gasteiger partial charge on any atom is 0.192 e. The zero-order valence-corrected chi connectivity index (χ0v) is 23.6. The number of fused-ring (bicyclic) bond motifs is 1. The summed E-state index contributed by atoms with van der Waals surface area (Å²) in [5.41, 5.74) is 1.39. The lowest BCUT2D eigenvalue weighted by molar-refractivity contribution is 0.0720. The molecule has 3 heteroatoms. The number of aryl methyl sites for hydroxylation is 1. The molecule has 3 rings (SSSR count). The zero-order chi connectivity index (χ0) is 24.8. The van der Waals surface area contributed by atoms with E-state index in [-0.39, 0.29) is 17.2 Å². The second-order valence-corrected chi connectivity index (χ2v) is 16.8. The van der Waals surface area contributed by atoms with Gasteiger partial charge in [-0.3, -0.25) is 0 Å². The highest BCUT2D eigenvalue weighted by molar-refractivity contribution is 6.74. The van der Waals surface area contributed by atoms with E-state index in [0.29, 0.717) is 17.8 Å². The molecule has 1 aliphatic heterocycles. The van der Waals surface area contributed by atoms with Crippen molar-refractivity contribution in [1.82, 2.24) is 0 Å². The Hall–Kier alpha value is -1.58. The van der Waals surface area contributed by atoms with Crippen molar-refractivity contribution in [3.63, 3.8) is 0 Å². The van der Waals surface area contributed by atoms with Gasteiger partial charge in [-0.05, 0) is 74.1 Å². The van der Waals surface area contributed by atoms with E-state index in [1.807, 2.05) is 0 Å². The lowest BCUT2D eigenvalue weighted by Crippen LogP contribution is -2.43. The summed E-state index contributed by atoms with van der Waals surface area (Å²) in [6.07, 6.45) is 17.6. The van der Waals surface area contributed by atoms with Gasteiger partial charge < -0.3 is 9.16 Å². The Morgan fingerprint density at radius 3 is 2.62 bits per heavy atom. The van der Waals surface area contributed by atoms with Crippen molar-refractivity contribution in [2.45, 2.75) is 103 Å². The van der Waals surface area contributed by atoms with Gasteiger partial charge in [-0.15, -0.1) is 0 Å². The highest BCUT2D eigenvalue weighted by Crippen LogP contribution is 2.44. The third-order valence-corrected chi connectivity index (χ3v) is 12.8. The van der Waals surface area contributed by atoms with Crippen LogP contribution in [-0.2, 0) is 15.6 Å². The Bertz CT molecular complexity index is 833. The van der Waals surface area contributed by atoms with Crippen LogP contribution in [0.15, 0.2) is 67.0 Å². The molecule has 1 aliphatic carbocycles. The van der Waals surface area contributed by atoms with E-state index in [1.165, 1.54) is 5.56 Å². The van der Waals surface area contributed by atoms with Crippen molar-refractivity contribution < 1.29 is 9.16 Å². The molecule has 2 aliphatic rings. The summed E-state index contributed by atoms with van der Waals surface area (Å²) < 4.78 is 13.3. The van der Waals surface area contributed by atoms with Gasteiger partial charge in [0.1, 0.15) is 6.10 Å². The fraction of sp³-hybridized carbons (Fsp3) is 0.613. The van der Waals surface area contributed by atoms with Gasteiger partial charge >= 0.3 is 0 Å². The highest BCUT2D eigenvalue weighted by atomic mass is 28.4. The van der Waals surface area contributed by atoms with Crippen LogP contribution in [0.1, 0.15) is 71.8 Å². The summed E-state index contributed by atoms with van der Waals surface area (Å²) in [6, 6.07) is 10.8. The van der Waals surface area contributed by atoms with Crippen LogP contribution >= 0.6 is 0 Å². The Morgan fingerprint density at radius 2 is 1.91 bits per heavy atom. The van der Waals surface area contributed by atoms with E-state index in [2.05, 4.69) is 102 Å². The first-order valence-corrected chi connectivity index (χ1v) is 16.4. The van der Waals surface area contributed by atoms with Crippen LogP contribution in [0.2, 0.25) is 18.1 Å². The van der Waals surface area contributed by atoms with Gasteiger partial charge in [-0.1, -0.05) is 88.9 Å². The maximum absolute atomic E-state index is 6.95. The van der Waals surface area contributed by atoms with Crippen molar-refractivity contribution in [2.75, 3.05) is 0 Å². The number of benzene rings is 1. The first-order valence-electron chi connectivity index (χ1n) is 13.5. The van der Waals surface area contributed by atoms with Crippen LogP contribution in [0.5, 0.6) is 0 Å². The number of hydrogen-bond donors (Lipinski definition) is 0. The van der Waals surface area contributed by atoms with Crippen LogP contribution in [-0.4, -0.2) is 20.5 Å². The van der Waals surface area contributed by atoms with Crippen LogP contribution in [0.4, 0.5) is 0 Å². The van der Waals surface area contributed by atoms with Gasteiger partial charge in [-0.2, -0.15) is 0 Å². The monoisotopic (exact) mass is 480 g/mol. The largest absolute Gasteiger partial charge is 0.495 e. The van der Waals surface area contributed by atoms with Crippen LogP contribution in [0.25, 0.3) is 0 Å². The maximum atomic E-state index is 6.95. The molecule has 34 heavy (non-hydrogen) atoms. The van der Waals surface area contributed by atoms with Crippen molar-refractivity contribution in [2.24, 2.45) is 17.8 Å². The highest BCUT2D eigenvalue weighted by Gasteiger charge is 2.41. The molecular weight excluding hydrogens is 432 g/mol. The SMILES string of the molecule is C=C1CCC/C=C\C[C@@H]2[C@@H](/C=C/[C@H](CCc3ccccc3)O[Si](C)(C)C(C)(C)C)[C@H](C)C[C@@H]2O1. The molecule has 188 valence electrons. The number of allylic oxidation sites excluding steroid dienone is 4. The number of hydrogen-bond acceptors (Lipinski definition) is 2. The lowest BCUT2D eigenvalue weighted by atomic mass is 9.86. The van der Waals surface area contributed by atoms with Crippen molar-refractivity contribution in [1.29, 1.82) is 0 Å². The average Bonchev–Trinajstić information content (AvgIpc) is 3.06. The minimum Gasteiger partial charge on any atom is -0.495 e. The zero-order valence-electron chi connectivity index (χ0n) is 22.6. The van der Waals surface area contributed by atoms with Crippen molar-refractivity contribution >= 4 is 8.32 Å². The third kappa shape index (κ3) is 7.46. The van der Waals surface area contributed by atoms with E-state index in [1.54, 1.807) is 0 Å². The molecular formula is C31H48O2Si. The topological polar surface area (TPSA) is 18.5 Å². The fourth-order valence-corrected chi connectivity index (χ4v) is 6.47. The molecule has 0 aromatic heterocycles. The standard InChI is InChI=1S/C31H48O2Si/c1-24-23-30-29(18-14-9-8-11-15-25(2)32-30)28(24)22-21-27(33-34(6,7)31(3,4)5)20-19-26-16-12-10-13-17-26/h9-10,12-14,16-17,21-22,24,27-30H,2,8,11,15,18-20,23H2,1,3-7H3/b14-9-,22-21+/t24-,27+,28+,29-,30+/m1/s1. The van der Waals surface area contributed by atoms with Gasteiger partial charge in [0, 0.05) is 12.3 Å². The van der Waals surface area contributed by atoms with E-state index >= 15 is 0 Å². The van der Waals surface area contributed by atoms with E-state index in [4.69, 9.17) is 9.16 Å². The molecule has 2 nitrogen and oxygen atoms in total. The first kappa shape index (κ1) is 27.0. The molecule has 5 atom stereocenters. The normalized spacial score (nSPS) is 28.4. The molecule has 1 aromatic rings. The Morgan fingerprint density at radius 1 is 1.18 bits per heavy atom. The summed E-state index contributed by atoms with van der Waals surface area (Å²) in [4.78, 5) is 0. The minimum atomic E-state index is -1.87. The Balaban J connectivity index is 1.78. The molecule has 1 heterocycles. The lowest BCUT2D eigenvalue weighted by Gasteiger charge is -2.39. The number of ether oxygens (including phenoxy) is 1. The molecule has 0 radical (unpaired) electrons. The van der Waals surface area contributed by atoms with Gasteiger partial charge in [0.2, 0.25) is 0 Å². The second kappa shape index (κ2) is 11.9. The van der Waals surface area contributed by atoms with Gasteiger partial charge in [0.25, 0.3) is 0 Å². The summed E-state index contributed by atoms with van der Waals surface area (Å²) in [5.74, 6) is 2.61. The molecule has 0 bridgehead atoms.